The van der Waals surface area contributed by atoms with E-state index in [0.29, 0.717) is 0 Å². The fraction of sp³-hybridized carbons (Fsp3) is 0. The van der Waals surface area contributed by atoms with Gasteiger partial charge in [0.25, 0.3) is 0 Å². The molecule has 1 radical (unpaired) electrons. The first-order valence-electron chi connectivity index (χ1n) is 2.88. The van der Waals surface area contributed by atoms with Gasteiger partial charge in [-0.2, -0.15) is 9.30 Å². The molecule has 0 aliphatic rings. The highest BCUT2D eigenvalue weighted by Gasteiger charge is 1.96. The van der Waals surface area contributed by atoms with Gasteiger partial charge in [-0.3, -0.25) is 0 Å². The van der Waals surface area contributed by atoms with E-state index in [2.05, 4.69) is 11.2 Å². The molecule has 0 unspecified atom stereocenters. The van der Waals surface area contributed by atoms with Crippen LogP contribution < -0.4 is 0 Å². The summed E-state index contributed by atoms with van der Waals surface area (Å²) in [6, 6.07) is 8.47. The van der Waals surface area contributed by atoms with E-state index in [4.69, 9.17) is 11.8 Å². The van der Waals surface area contributed by atoms with Crippen LogP contribution in [-0.2, 0) is 0 Å². The van der Waals surface area contributed by atoms with Crippen molar-refractivity contribution in [3.8, 4) is 0 Å². The highest BCUT2D eigenvalue weighted by atomic mass is 35.5. The van der Waals surface area contributed by atoms with Crippen molar-refractivity contribution in [3.05, 3.63) is 30.5 Å². The molecule has 0 N–H and O–H groups in total. The van der Waals surface area contributed by atoms with Gasteiger partial charge in [0.15, 0.2) is 0 Å². The molecular formula is C7H4ClN2. The van der Waals surface area contributed by atoms with Crippen molar-refractivity contribution < 1.29 is 0 Å². The lowest BCUT2D eigenvalue weighted by molar-refractivity contribution is 1.02. The van der Waals surface area contributed by atoms with E-state index >= 15 is 0 Å². The molecule has 1 heterocycles. The van der Waals surface area contributed by atoms with Crippen LogP contribution in [0.4, 0.5) is 0 Å². The first kappa shape index (κ1) is 5.74. The molecule has 49 valence electrons. The Morgan fingerprint density at radius 3 is 3.30 bits per heavy atom. The van der Waals surface area contributed by atoms with E-state index in [1.165, 1.54) is 4.20 Å². The summed E-state index contributed by atoms with van der Waals surface area (Å²) in [5.41, 5.74) is 0.893. The molecule has 1 aromatic heterocycles. The lowest BCUT2D eigenvalue weighted by atomic mass is 10.3. The van der Waals surface area contributed by atoms with Crippen molar-refractivity contribution in [3.63, 3.8) is 0 Å². The van der Waals surface area contributed by atoms with Crippen molar-refractivity contribution in [2.45, 2.75) is 0 Å². The van der Waals surface area contributed by atoms with Gasteiger partial charge in [-0.05, 0) is 12.1 Å². The quantitative estimate of drug-likeness (QED) is 0.562. The zero-order chi connectivity index (χ0) is 6.97. The van der Waals surface area contributed by atoms with Crippen LogP contribution in [0.1, 0.15) is 0 Å². The Morgan fingerprint density at radius 1 is 1.60 bits per heavy atom. The summed E-state index contributed by atoms with van der Waals surface area (Å²) < 4.78 is 1.31. The van der Waals surface area contributed by atoms with Gasteiger partial charge in [0.05, 0.1) is 11.7 Å². The summed E-state index contributed by atoms with van der Waals surface area (Å²) in [6.45, 7) is 0. The molecule has 0 fully saturated rings. The first-order chi connectivity index (χ1) is 4.88. The normalized spacial score (nSPS) is 10.5. The second-order valence-corrected chi connectivity index (χ2v) is 2.31. The van der Waals surface area contributed by atoms with Gasteiger partial charge in [-0.15, -0.1) is 0 Å². The number of nitrogens with zero attached hydrogens (tertiary/aromatic N) is 2. The maximum absolute atomic E-state index is 5.66. The van der Waals surface area contributed by atoms with Gasteiger partial charge in [0.1, 0.15) is 0 Å². The summed E-state index contributed by atoms with van der Waals surface area (Å²) in [5.74, 6) is 0. The Kier molecular flexibility index (Phi) is 1.14. The standard InChI is InChI=1S/C7H4ClN2/c8-10-7-4-2-1-3-6(7)5-9-10/h1,3-5H. The molecule has 0 amide bonds. The molecule has 0 aliphatic carbocycles. The van der Waals surface area contributed by atoms with E-state index < -0.39 is 0 Å². The van der Waals surface area contributed by atoms with Gasteiger partial charge < -0.3 is 0 Å². The maximum Gasteiger partial charge on any atom is 0.0877 e. The molecule has 0 bridgehead atoms. The molecule has 0 aliphatic heterocycles. The third kappa shape index (κ3) is 0.693. The van der Waals surface area contributed by atoms with E-state index in [1.807, 2.05) is 12.1 Å². The van der Waals surface area contributed by atoms with Gasteiger partial charge >= 0.3 is 0 Å². The van der Waals surface area contributed by atoms with Gasteiger partial charge in [-0.1, -0.05) is 12.1 Å². The Morgan fingerprint density at radius 2 is 2.50 bits per heavy atom. The predicted molar refractivity (Wildman–Crippen MR) is 39.8 cm³/mol. The van der Waals surface area contributed by atoms with Crippen LogP contribution in [0, 0.1) is 6.07 Å². The average molecular weight is 152 g/mol. The number of benzene rings is 1. The molecular weight excluding hydrogens is 148 g/mol. The fourth-order valence-electron chi connectivity index (χ4n) is 0.878. The molecule has 0 saturated heterocycles. The van der Waals surface area contributed by atoms with Gasteiger partial charge in [0.2, 0.25) is 0 Å². The number of aromatic nitrogens is 2. The first-order valence-corrected chi connectivity index (χ1v) is 3.22. The summed E-state index contributed by atoms with van der Waals surface area (Å²) >= 11 is 5.66. The van der Waals surface area contributed by atoms with E-state index in [-0.39, 0.29) is 0 Å². The highest BCUT2D eigenvalue weighted by molar-refractivity contribution is 6.18. The Bertz CT molecular complexity index is 353. The molecule has 2 nitrogen and oxygen atoms in total. The third-order valence-electron chi connectivity index (χ3n) is 1.37. The monoisotopic (exact) mass is 151 g/mol. The van der Waals surface area contributed by atoms with Gasteiger partial charge in [-0.25, -0.2) is 0 Å². The lowest BCUT2D eigenvalue weighted by Crippen LogP contribution is -1.78. The van der Waals surface area contributed by atoms with E-state index in [9.17, 15) is 0 Å². The van der Waals surface area contributed by atoms with Crippen LogP contribution in [-0.4, -0.2) is 9.30 Å². The van der Waals surface area contributed by atoms with Crippen molar-refractivity contribution >= 4 is 22.7 Å². The zero-order valence-electron chi connectivity index (χ0n) is 5.08. The van der Waals surface area contributed by atoms with Crippen molar-refractivity contribution in [1.82, 2.24) is 9.30 Å². The molecule has 0 saturated carbocycles. The molecule has 0 spiro atoms. The number of fused-ring (bicyclic) bond motifs is 1. The zero-order valence-corrected chi connectivity index (χ0v) is 5.84. The van der Waals surface area contributed by atoms with Crippen molar-refractivity contribution in [2.24, 2.45) is 0 Å². The molecule has 2 aromatic rings. The van der Waals surface area contributed by atoms with Gasteiger partial charge in [0, 0.05) is 17.2 Å². The van der Waals surface area contributed by atoms with Crippen LogP contribution in [0.25, 0.3) is 10.9 Å². The Labute approximate surface area is 63.1 Å². The molecule has 2 rings (SSSR count). The van der Waals surface area contributed by atoms with Crippen molar-refractivity contribution in [2.75, 3.05) is 0 Å². The summed E-state index contributed by atoms with van der Waals surface area (Å²) in [4.78, 5) is 0. The summed E-state index contributed by atoms with van der Waals surface area (Å²) in [6.07, 6.45) is 1.72. The average Bonchev–Trinajstić information content (AvgIpc) is 2.34. The highest BCUT2D eigenvalue weighted by Crippen LogP contribution is 2.12. The molecule has 0 atom stereocenters. The number of hydrogen-bond acceptors (Lipinski definition) is 1. The third-order valence-corrected chi connectivity index (χ3v) is 1.64. The van der Waals surface area contributed by atoms with E-state index in [0.717, 1.165) is 10.9 Å². The van der Waals surface area contributed by atoms with Crippen LogP contribution in [0.2, 0.25) is 0 Å². The van der Waals surface area contributed by atoms with E-state index in [1.54, 1.807) is 12.3 Å². The number of halogens is 1. The second kappa shape index (κ2) is 1.99. The second-order valence-electron chi connectivity index (χ2n) is 1.99. The molecule has 10 heavy (non-hydrogen) atoms. The number of rotatable bonds is 0. The SMILES string of the molecule is Cln1ncc2cc[c]cc21. The smallest absolute Gasteiger partial charge is 0.0877 e. The minimum atomic E-state index is 0.893. The van der Waals surface area contributed by atoms with Crippen LogP contribution in [0.3, 0.4) is 0 Å². The topological polar surface area (TPSA) is 17.8 Å². The fourth-order valence-corrected chi connectivity index (χ4v) is 1.07. The number of hydrogen-bond donors (Lipinski definition) is 0. The Balaban J connectivity index is 2.93. The lowest BCUT2D eigenvalue weighted by Gasteiger charge is -1.86. The van der Waals surface area contributed by atoms with Crippen LogP contribution >= 0.6 is 11.8 Å². The largest absolute Gasteiger partial charge is 0.172 e. The molecule has 1 aromatic carbocycles. The summed E-state index contributed by atoms with van der Waals surface area (Å²) in [7, 11) is 0. The minimum absolute atomic E-state index is 0.893. The van der Waals surface area contributed by atoms with Crippen LogP contribution in [0.15, 0.2) is 24.4 Å². The summed E-state index contributed by atoms with van der Waals surface area (Å²) in [5, 5.41) is 4.89. The van der Waals surface area contributed by atoms with Crippen molar-refractivity contribution in [1.29, 1.82) is 0 Å². The predicted octanol–water partition coefficient (Wildman–Crippen LogP) is 1.84. The maximum atomic E-state index is 5.66. The van der Waals surface area contributed by atoms with Crippen LogP contribution in [0.5, 0.6) is 0 Å². The minimum Gasteiger partial charge on any atom is -0.172 e. The Hall–Kier alpha value is -1.02. The molecule has 3 heteroatoms.